The van der Waals surface area contributed by atoms with E-state index in [0.29, 0.717) is 31.6 Å². The molecular weight excluding hydrogens is 467 g/mol. The molecule has 11 heteroatoms. The van der Waals surface area contributed by atoms with Crippen molar-refractivity contribution in [3.63, 3.8) is 0 Å². The number of aromatic nitrogens is 2. The SMILES string of the molecule is Cc1cc(Nc2nccc(C(F)(F)F)n2)cc(C2(C)CN=C(CC3(CO)CCNC(O)C3)S2)c1. The highest BCUT2D eigenvalue weighted by atomic mass is 32.2. The fraction of sp³-hybridized carbons (Fsp3) is 0.522. The van der Waals surface area contributed by atoms with Crippen molar-refractivity contribution in [2.24, 2.45) is 10.4 Å². The van der Waals surface area contributed by atoms with Crippen LogP contribution in [0.3, 0.4) is 0 Å². The van der Waals surface area contributed by atoms with E-state index in [4.69, 9.17) is 4.99 Å². The number of aliphatic imine (C=N–C) groups is 1. The summed E-state index contributed by atoms with van der Waals surface area (Å²) in [5.41, 5.74) is 1.11. The van der Waals surface area contributed by atoms with Gasteiger partial charge in [0.15, 0.2) is 0 Å². The Morgan fingerprint density at radius 3 is 2.79 bits per heavy atom. The third-order valence-corrected chi connectivity index (χ3v) is 7.64. The van der Waals surface area contributed by atoms with Gasteiger partial charge >= 0.3 is 6.18 Å². The van der Waals surface area contributed by atoms with Crippen molar-refractivity contribution >= 4 is 28.4 Å². The van der Waals surface area contributed by atoms with Gasteiger partial charge in [0.25, 0.3) is 0 Å². The number of rotatable bonds is 6. The number of nitrogens with one attached hydrogen (secondary N) is 2. The Labute approximate surface area is 200 Å². The van der Waals surface area contributed by atoms with Gasteiger partial charge in [-0.05, 0) is 62.6 Å². The fourth-order valence-corrected chi connectivity index (χ4v) is 5.83. The number of anilines is 2. The van der Waals surface area contributed by atoms with Crippen LogP contribution in [0.15, 0.2) is 35.5 Å². The molecule has 0 spiro atoms. The number of thioether (sulfide) groups is 1. The maximum Gasteiger partial charge on any atom is 0.433 e. The normalized spacial score (nSPS) is 27.5. The van der Waals surface area contributed by atoms with E-state index in [9.17, 15) is 23.4 Å². The molecule has 184 valence electrons. The van der Waals surface area contributed by atoms with Crippen LogP contribution in [-0.4, -0.2) is 51.1 Å². The standard InChI is InChI=1S/C23H28F3N5O2S/c1-14-7-15(9-16(8-14)30-20-28-5-3-17(31-20)23(24,25)26)21(2)12-29-19(34-21)11-22(13-32)4-6-27-18(33)10-22/h3,5,7-9,18,27,32-33H,4,6,10-13H2,1-2H3,(H,28,30,31). The minimum absolute atomic E-state index is 0.0163. The number of hydrogen-bond donors (Lipinski definition) is 4. The van der Waals surface area contributed by atoms with E-state index in [1.54, 1.807) is 11.8 Å². The van der Waals surface area contributed by atoms with Gasteiger partial charge in [-0.15, -0.1) is 0 Å². The van der Waals surface area contributed by atoms with Gasteiger partial charge in [-0.1, -0.05) is 17.8 Å². The number of aliphatic hydroxyl groups excluding tert-OH is 2. The van der Waals surface area contributed by atoms with Crippen LogP contribution in [0.5, 0.6) is 0 Å². The molecule has 0 saturated carbocycles. The number of aryl methyl sites for hydroxylation is 1. The Balaban J connectivity index is 1.51. The highest BCUT2D eigenvalue weighted by Gasteiger charge is 2.41. The Bertz CT molecular complexity index is 1080. The van der Waals surface area contributed by atoms with Gasteiger partial charge in [-0.3, -0.25) is 10.3 Å². The molecule has 34 heavy (non-hydrogen) atoms. The first kappa shape index (κ1) is 24.9. The van der Waals surface area contributed by atoms with Crippen LogP contribution in [-0.2, 0) is 10.9 Å². The minimum Gasteiger partial charge on any atom is -0.396 e. The lowest BCUT2D eigenvalue weighted by Gasteiger charge is -2.38. The van der Waals surface area contributed by atoms with Gasteiger partial charge in [0.2, 0.25) is 5.95 Å². The fourth-order valence-electron chi connectivity index (χ4n) is 4.44. The van der Waals surface area contributed by atoms with E-state index in [-0.39, 0.29) is 17.3 Å². The zero-order valence-corrected chi connectivity index (χ0v) is 19.8. The largest absolute Gasteiger partial charge is 0.433 e. The Kier molecular flexibility index (Phi) is 6.92. The lowest BCUT2D eigenvalue weighted by Crippen LogP contribution is -2.46. The molecule has 3 heterocycles. The van der Waals surface area contributed by atoms with E-state index >= 15 is 0 Å². The van der Waals surface area contributed by atoms with Crippen LogP contribution >= 0.6 is 11.8 Å². The summed E-state index contributed by atoms with van der Waals surface area (Å²) in [5, 5.41) is 26.9. The van der Waals surface area contributed by atoms with Crippen LogP contribution in [0.2, 0.25) is 0 Å². The van der Waals surface area contributed by atoms with Gasteiger partial charge in [0.05, 0.1) is 16.3 Å². The molecule has 2 aliphatic rings. The monoisotopic (exact) mass is 495 g/mol. The molecule has 3 atom stereocenters. The van der Waals surface area contributed by atoms with Crippen molar-refractivity contribution in [3.05, 3.63) is 47.3 Å². The summed E-state index contributed by atoms with van der Waals surface area (Å²) < 4.78 is 38.6. The number of aliphatic hydroxyl groups is 2. The molecule has 0 amide bonds. The van der Waals surface area contributed by atoms with Crippen LogP contribution in [0.1, 0.15) is 43.0 Å². The number of halogens is 3. The summed E-state index contributed by atoms with van der Waals surface area (Å²) in [4.78, 5) is 12.3. The minimum atomic E-state index is -4.55. The average molecular weight is 496 g/mol. The van der Waals surface area contributed by atoms with Crippen LogP contribution in [0, 0.1) is 12.3 Å². The second kappa shape index (κ2) is 9.44. The zero-order valence-electron chi connectivity index (χ0n) is 19.0. The highest BCUT2D eigenvalue weighted by Crippen LogP contribution is 2.47. The highest BCUT2D eigenvalue weighted by molar-refractivity contribution is 8.15. The summed E-state index contributed by atoms with van der Waals surface area (Å²) in [7, 11) is 0. The molecule has 0 aliphatic carbocycles. The number of alkyl halides is 3. The molecular formula is C23H28F3N5O2S. The van der Waals surface area contributed by atoms with Gasteiger partial charge < -0.3 is 15.5 Å². The quantitative estimate of drug-likeness (QED) is 0.481. The third kappa shape index (κ3) is 5.54. The predicted molar refractivity (Wildman–Crippen MR) is 126 cm³/mol. The molecule has 2 aromatic rings. The first-order valence-electron chi connectivity index (χ1n) is 11.0. The molecule has 4 rings (SSSR count). The molecule has 1 saturated heterocycles. The second-order valence-corrected chi connectivity index (χ2v) is 10.9. The molecule has 1 aromatic carbocycles. The van der Waals surface area contributed by atoms with Crippen molar-refractivity contribution in [1.82, 2.24) is 15.3 Å². The number of hydrogen-bond acceptors (Lipinski definition) is 8. The van der Waals surface area contributed by atoms with Crippen LogP contribution in [0.4, 0.5) is 24.8 Å². The molecule has 3 unspecified atom stereocenters. The summed E-state index contributed by atoms with van der Waals surface area (Å²) in [5.74, 6) is -0.123. The van der Waals surface area contributed by atoms with E-state index in [0.717, 1.165) is 34.9 Å². The molecule has 0 radical (unpaired) electrons. The van der Waals surface area contributed by atoms with E-state index in [2.05, 4.69) is 27.5 Å². The van der Waals surface area contributed by atoms with Crippen molar-refractivity contribution in [2.45, 2.75) is 50.3 Å². The maximum absolute atomic E-state index is 13.0. The molecule has 1 aromatic heterocycles. The van der Waals surface area contributed by atoms with Crippen molar-refractivity contribution in [1.29, 1.82) is 0 Å². The molecule has 2 aliphatic heterocycles. The third-order valence-electron chi connectivity index (χ3n) is 6.31. The van der Waals surface area contributed by atoms with Crippen molar-refractivity contribution < 1.29 is 23.4 Å². The smallest absolute Gasteiger partial charge is 0.396 e. The predicted octanol–water partition coefficient (Wildman–Crippen LogP) is 3.98. The number of nitrogens with zero attached hydrogens (tertiary/aromatic N) is 3. The van der Waals surface area contributed by atoms with Gasteiger partial charge in [0, 0.05) is 30.3 Å². The summed E-state index contributed by atoms with van der Waals surface area (Å²) in [6.45, 7) is 5.16. The average Bonchev–Trinajstić information content (AvgIpc) is 3.14. The second-order valence-electron chi connectivity index (χ2n) is 9.28. The van der Waals surface area contributed by atoms with E-state index < -0.39 is 23.5 Å². The summed E-state index contributed by atoms with van der Waals surface area (Å²) in [6, 6.07) is 6.59. The first-order valence-corrected chi connectivity index (χ1v) is 11.9. The topological polar surface area (TPSA) is 103 Å². The summed E-state index contributed by atoms with van der Waals surface area (Å²) >= 11 is 1.63. The van der Waals surface area contributed by atoms with Crippen molar-refractivity contribution in [3.8, 4) is 0 Å². The Morgan fingerprint density at radius 1 is 1.29 bits per heavy atom. The Hall–Kier alpha value is -2.21. The number of benzene rings is 1. The lowest BCUT2D eigenvalue weighted by molar-refractivity contribution is -0.141. The van der Waals surface area contributed by atoms with E-state index in [1.165, 1.54) is 0 Å². The molecule has 1 fully saturated rings. The van der Waals surface area contributed by atoms with E-state index in [1.807, 2.05) is 25.1 Å². The number of piperidine rings is 1. The lowest BCUT2D eigenvalue weighted by atomic mass is 9.76. The molecule has 0 bridgehead atoms. The van der Waals surface area contributed by atoms with Crippen molar-refractivity contribution in [2.75, 3.05) is 25.0 Å². The summed E-state index contributed by atoms with van der Waals surface area (Å²) in [6.07, 6.45) is -2.28. The molecule has 4 N–H and O–H groups in total. The van der Waals surface area contributed by atoms with Gasteiger partial charge in [-0.25, -0.2) is 9.97 Å². The van der Waals surface area contributed by atoms with Gasteiger partial charge in [-0.2, -0.15) is 13.2 Å². The van der Waals surface area contributed by atoms with Gasteiger partial charge in [0.1, 0.15) is 11.9 Å². The Morgan fingerprint density at radius 2 is 2.09 bits per heavy atom. The molecule has 7 nitrogen and oxygen atoms in total. The van der Waals surface area contributed by atoms with Crippen LogP contribution < -0.4 is 10.6 Å². The zero-order chi connectivity index (χ0) is 24.6. The first-order chi connectivity index (χ1) is 16.0. The van der Waals surface area contributed by atoms with Crippen LogP contribution in [0.25, 0.3) is 0 Å². The maximum atomic E-state index is 13.0.